The van der Waals surface area contributed by atoms with Gasteiger partial charge in [0, 0.05) is 19.5 Å². The molecule has 0 amide bonds. The summed E-state index contributed by atoms with van der Waals surface area (Å²) < 4.78 is 7.97. The lowest BCUT2D eigenvalue weighted by molar-refractivity contribution is 0.102. The Bertz CT molecular complexity index is 1190. The van der Waals surface area contributed by atoms with E-state index in [-0.39, 0.29) is 30.3 Å². The average Bonchev–Trinajstić information content (AvgIpc) is 3.16. The first kappa shape index (κ1) is 21.6. The van der Waals surface area contributed by atoms with Gasteiger partial charge in [-0.15, -0.1) is 0 Å². The van der Waals surface area contributed by atoms with Crippen molar-refractivity contribution in [2.24, 2.45) is 0 Å². The van der Waals surface area contributed by atoms with E-state index in [4.69, 9.17) is 10.5 Å². The molecule has 0 spiro atoms. The summed E-state index contributed by atoms with van der Waals surface area (Å²) in [6, 6.07) is 5.96. The Balaban J connectivity index is 1.86. The fourth-order valence-electron chi connectivity index (χ4n) is 3.04. The van der Waals surface area contributed by atoms with Gasteiger partial charge in [-0.05, 0) is 31.0 Å². The Hall–Kier alpha value is -3.11. The number of H-pyrrole nitrogens is 1. The van der Waals surface area contributed by atoms with Gasteiger partial charge in [0.25, 0.3) is 5.56 Å². The van der Waals surface area contributed by atoms with Gasteiger partial charge in [-0.2, -0.15) is 0 Å². The summed E-state index contributed by atoms with van der Waals surface area (Å²) in [5, 5.41) is 0.611. The number of aromatic nitrogens is 4. The number of ketones is 1. The molecule has 0 saturated carbocycles. The number of ether oxygens (including phenoxy) is 1. The number of hydrogen-bond donors (Lipinski definition) is 2. The van der Waals surface area contributed by atoms with E-state index in [9.17, 15) is 14.4 Å². The topological polar surface area (TPSA) is 125 Å². The number of carbonyl (C=O) groups is 1. The highest BCUT2D eigenvalue weighted by molar-refractivity contribution is 7.99. The minimum absolute atomic E-state index is 0.0579. The Kier molecular flexibility index (Phi) is 6.58. The Morgan fingerprint density at radius 3 is 2.80 bits per heavy atom. The second-order valence-electron chi connectivity index (χ2n) is 6.67. The molecule has 30 heavy (non-hydrogen) atoms. The maximum Gasteiger partial charge on any atom is 0.330 e. The molecule has 3 N–H and O–H groups in total. The van der Waals surface area contributed by atoms with Crippen LogP contribution in [0.15, 0.2) is 45.3 Å². The number of nitrogen functional groups attached to an aromatic ring is 1. The summed E-state index contributed by atoms with van der Waals surface area (Å²) in [5.74, 6) is -0.706. The van der Waals surface area contributed by atoms with Gasteiger partial charge in [0.1, 0.15) is 11.4 Å². The first-order chi connectivity index (χ1) is 14.3. The third-order valence-corrected chi connectivity index (χ3v) is 5.78. The summed E-state index contributed by atoms with van der Waals surface area (Å²) in [6.45, 7) is 4.39. The van der Waals surface area contributed by atoms with Crippen LogP contribution in [0, 0.1) is 13.8 Å². The molecular formula is C20H23N5O4S. The monoisotopic (exact) mass is 429 g/mol. The molecule has 0 bridgehead atoms. The molecule has 0 atom stereocenters. The van der Waals surface area contributed by atoms with Crippen molar-refractivity contribution in [1.82, 2.24) is 19.1 Å². The number of hydrogen-bond acceptors (Lipinski definition) is 7. The predicted molar refractivity (Wildman–Crippen MR) is 116 cm³/mol. The zero-order chi connectivity index (χ0) is 21.8. The molecule has 1 aromatic carbocycles. The molecule has 0 fully saturated rings. The van der Waals surface area contributed by atoms with Crippen LogP contribution in [-0.4, -0.2) is 44.4 Å². The van der Waals surface area contributed by atoms with Crippen LogP contribution in [0.25, 0.3) is 5.69 Å². The highest BCUT2D eigenvalue weighted by Gasteiger charge is 2.20. The number of methoxy groups -OCH3 is 1. The number of anilines is 1. The molecular weight excluding hydrogens is 406 g/mol. The standard InChI is InChI=1S/C20H23N5O4S/c1-12-5-4-6-14(13(12)2)24-8-7-22-20(24)30-11-15(26)16-17(21)25(9-10-29-3)19(28)23-18(16)27/h4-8H,9-11,21H2,1-3H3,(H,23,27,28). The molecule has 158 valence electrons. The van der Waals surface area contributed by atoms with Crippen molar-refractivity contribution < 1.29 is 9.53 Å². The normalized spacial score (nSPS) is 11.0. The third-order valence-electron chi connectivity index (χ3n) is 4.81. The second-order valence-corrected chi connectivity index (χ2v) is 7.62. The number of aromatic amines is 1. The Morgan fingerprint density at radius 2 is 2.07 bits per heavy atom. The average molecular weight is 430 g/mol. The number of aryl methyl sites for hydroxylation is 1. The van der Waals surface area contributed by atoms with Gasteiger partial charge >= 0.3 is 5.69 Å². The predicted octanol–water partition coefficient (Wildman–Crippen LogP) is 1.54. The van der Waals surface area contributed by atoms with Crippen molar-refractivity contribution in [3.8, 4) is 5.69 Å². The molecule has 9 nitrogen and oxygen atoms in total. The highest BCUT2D eigenvalue weighted by Crippen LogP contribution is 2.25. The number of Topliss-reactive ketones (excluding diaryl/α,β-unsaturated/α-hetero) is 1. The van der Waals surface area contributed by atoms with Crippen LogP contribution in [0.5, 0.6) is 0 Å². The van der Waals surface area contributed by atoms with E-state index < -0.39 is 17.0 Å². The number of nitrogens with one attached hydrogen (secondary N) is 1. The van der Waals surface area contributed by atoms with Crippen molar-refractivity contribution in [1.29, 1.82) is 0 Å². The number of rotatable bonds is 8. The van der Waals surface area contributed by atoms with Gasteiger partial charge in [0.15, 0.2) is 10.9 Å². The number of carbonyl (C=O) groups excluding carboxylic acids is 1. The zero-order valence-corrected chi connectivity index (χ0v) is 17.8. The minimum Gasteiger partial charge on any atom is -0.384 e. The summed E-state index contributed by atoms with van der Waals surface area (Å²) in [4.78, 5) is 43.5. The zero-order valence-electron chi connectivity index (χ0n) is 17.0. The maximum atomic E-state index is 12.8. The minimum atomic E-state index is -0.797. The molecule has 0 aliphatic rings. The molecule has 2 aromatic heterocycles. The molecule has 0 aliphatic carbocycles. The van der Waals surface area contributed by atoms with E-state index in [1.807, 2.05) is 42.8 Å². The molecule has 0 saturated heterocycles. The molecule has 0 aliphatic heterocycles. The van der Waals surface area contributed by atoms with Crippen LogP contribution in [0.3, 0.4) is 0 Å². The van der Waals surface area contributed by atoms with Crippen molar-refractivity contribution in [2.45, 2.75) is 25.5 Å². The molecule has 3 rings (SSSR count). The van der Waals surface area contributed by atoms with E-state index in [1.54, 1.807) is 6.20 Å². The summed E-state index contributed by atoms with van der Waals surface area (Å²) in [7, 11) is 1.48. The third kappa shape index (κ3) is 4.24. The number of nitrogens with two attached hydrogens (primary N) is 1. The van der Waals surface area contributed by atoms with Crippen molar-refractivity contribution in [3.05, 3.63) is 68.1 Å². The van der Waals surface area contributed by atoms with Gasteiger partial charge in [-0.3, -0.25) is 23.7 Å². The van der Waals surface area contributed by atoms with Crippen LogP contribution in [0.4, 0.5) is 5.82 Å². The van der Waals surface area contributed by atoms with Crippen LogP contribution in [0.1, 0.15) is 21.5 Å². The molecule has 0 unspecified atom stereocenters. The first-order valence-electron chi connectivity index (χ1n) is 9.22. The van der Waals surface area contributed by atoms with Gasteiger partial charge < -0.3 is 10.5 Å². The van der Waals surface area contributed by atoms with Gasteiger partial charge in [0.05, 0.1) is 24.6 Å². The number of benzene rings is 1. The lowest BCUT2D eigenvalue weighted by Gasteiger charge is -2.13. The van der Waals surface area contributed by atoms with Crippen LogP contribution in [0.2, 0.25) is 0 Å². The highest BCUT2D eigenvalue weighted by atomic mass is 32.2. The first-order valence-corrected chi connectivity index (χ1v) is 10.2. The van der Waals surface area contributed by atoms with Crippen molar-refractivity contribution in [2.75, 3.05) is 25.2 Å². The van der Waals surface area contributed by atoms with Crippen LogP contribution in [-0.2, 0) is 11.3 Å². The lowest BCUT2D eigenvalue weighted by Crippen LogP contribution is -2.37. The number of imidazole rings is 1. The quantitative estimate of drug-likeness (QED) is 0.411. The van der Waals surface area contributed by atoms with E-state index in [0.717, 1.165) is 21.4 Å². The molecule has 3 aromatic rings. The largest absolute Gasteiger partial charge is 0.384 e. The fourth-order valence-corrected chi connectivity index (χ4v) is 3.88. The summed E-state index contributed by atoms with van der Waals surface area (Å²) >= 11 is 1.19. The smallest absolute Gasteiger partial charge is 0.330 e. The van der Waals surface area contributed by atoms with Crippen LogP contribution >= 0.6 is 11.8 Å². The second kappa shape index (κ2) is 9.14. The molecule has 0 radical (unpaired) electrons. The van der Waals surface area contributed by atoms with E-state index >= 15 is 0 Å². The van der Waals surface area contributed by atoms with Gasteiger partial charge in [0.2, 0.25) is 0 Å². The Morgan fingerprint density at radius 1 is 1.30 bits per heavy atom. The summed E-state index contributed by atoms with van der Waals surface area (Å²) in [6.07, 6.45) is 3.47. The van der Waals surface area contributed by atoms with E-state index in [1.165, 1.54) is 18.9 Å². The Labute approximate surface area is 176 Å². The maximum absolute atomic E-state index is 12.8. The van der Waals surface area contributed by atoms with Crippen molar-refractivity contribution in [3.63, 3.8) is 0 Å². The number of nitrogens with zero attached hydrogens (tertiary/aromatic N) is 3. The number of thioether (sulfide) groups is 1. The fraction of sp³-hybridized carbons (Fsp3) is 0.300. The van der Waals surface area contributed by atoms with Gasteiger partial charge in [-0.25, -0.2) is 9.78 Å². The van der Waals surface area contributed by atoms with Crippen LogP contribution < -0.4 is 17.0 Å². The van der Waals surface area contributed by atoms with Crippen molar-refractivity contribution >= 4 is 23.4 Å². The lowest BCUT2D eigenvalue weighted by atomic mass is 10.1. The van der Waals surface area contributed by atoms with Gasteiger partial charge in [-0.1, -0.05) is 23.9 Å². The van der Waals surface area contributed by atoms with E-state index in [2.05, 4.69) is 9.97 Å². The van der Waals surface area contributed by atoms with E-state index in [0.29, 0.717) is 5.16 Å². The summed E-state index contributed by atoms with van der Waals surface area (Å²) in [5.41, 5.74) is 7.48. The molecule has 2 heterocycles. The SMILES string of the molecule is COCCn1c(N)c(C(=O)CSc2nccn2-c2cccc(C)c2C)c(=O)[nH]c1=O. The molecule has 10 heteroatoms.